The van der Waals surface area contributed by atoms with Crippen LogP contribution < -0.4 is 4.74 Å². The SMILES string of the molecule is COc1ncc(C#N)cc1-c1cc(Cl)ccc1Cl. The van der Waals surface area contributed by atoms with Crippen LogP contribution in [0.4, 0.5) is 0 Å². The van der Waals surface area contributed by atoms with Gasteiger partial charge in [0.2, 0.25) is 5.88 Å². The van der Waals surface area contributed by atoms with E-state index in [4.69, 9.17) is 33.2 Å². The van der Waals surface area contributed by atoms with Crippen LogP contribution in [0.5, 0.6) is 5.88 Å². The molecule has 0 bridgehead atoms. The molecular formula is C13H8Cl2N2O. The van der Waals surface area contributed by atoms with Gasteiger partial charge >= 0.3 is 0 Å². The Bertz CT molecular complexity index is 635. The molecule has 0 N–H and O–H groups in total. The lowest BCUT2D eigenvalue weighted by Crippen LogP contribution is -1.93. The summed E-state index contributed by atoms with van der Waals surface area (Å²) >= 11 is 12.1. The zero-order valence-corrected chi connectivity index (χ0v) is 11.0. The number of hydrogen-bond acceptors (Lipinski definition) is 3. The van der Waals surface area contributed by atoms with Crippen molar-refractivity contribution >= 4 is 23.2 Å². The molecule has 0 aliphatic rings. The summed E-state index contributed by atoms with van der Waals surface area (Å²) in [5.41, 5.74) is 1.76. The lowest BCUT2D eigenvalue weighted by atomic mass is 10.1. The number of halogens is 2. The Kier molecular flexibility index (Phi) is 3.71. The third-order valence-electron chi connectivity index (χ3n) is 2.39. The fourth-order valence-electron chi connectivity index (χ4n) is 1.57. The maximum atomic E-state index is 8.91. The van der Waals surface area contributed by atoms with Crippen LogP contribution in [0.1, 0.15) is 5.56 Å². The maximum absolute atomic E-state index is 8.91. The molecule has 1 aromatic carbocycles. The van der Waals surface area contributed by atoms with Crippen molar-refractivity contribution in [1.82, 2.24) is 4.98 Å². The Morgan fingerprint density at radius 3 is 2.67 bits per heavy atom. The van der Waals surface area contributed by atoms with Crippen molar-refractivity contribution in [2.45, 2.75) is 0 Å². The summed E-state index contributed by atoms with van der Waals surface area (Å²) in [6.45, 7) is 0. The number of ether oxygens (including phenoxy) is 1. The summed E-state index contributed by atoms with van der Waals surface area (Å²) in [5.74, 6) is 0.401. The van der Waals surface area contributed by atoms with Crippen molar-refractivity contribution in [2.75, 3.05) is 7.11 Å². The van der Waals surface area contributed by atoms with Crippen LogP contribution in [0, 0.1) is 11.3 Å². The van der Waals surface area contributed by atoms with Crippen LogP contribution in [0.15, 0.2) is 30.5 Å². The first-order valence-electron chi connectivity index (χ1n) is 5.05. The molecule has 0 aliphatic heterocycles. The Morgan fingerprint density at radius 1 is 1.22 bits per heavy atom. The predicted molar refractivity (Wildman–Crippen MR) is 71.0 cm³/mol. The summed E-state index contributed by atoms with van der Waals surface area (Å²) in [6, 6.07) is 8.80. The van der Waals surface area contributed by atoms with E-state index in [1.165, 1.54) is 13.3 Å². The number of methoxy groups -OCH3 is 1. The third kappa shape index (κ3) is 2.40. The van der Waals surface area contributed by atoms with E-state index in [1.54, 1.807) is 24.3 Å². The smallest absolute Gasteiger partial charge is 0.221 e. The predicted octanol–water partition coefficient (Wildman–Crippen LogP) is 3.94. The molecule has 3 nitrogen and oxygen atoms in total. The molecule has 0 spiro atoms. The van der Waals surface area contributed by atoms with Gasteiger partial charge in [0.1, 0.15) is 6.07 Å². The normalized spacial score (nSPS) is 9.89. The maximum Gasteiger partial charge on any atom is 0.221 e. The average molecular weight is 279 g/mol. The monoisotopic (exact) mass is 278 g/mol. The minimum atomic E-state index is 0.401. The largest absolute Gasteiger partial charge is 0.481 e. The van der Waals surface area contributed by atoms with Crippen molar-refractivity contribution in [3.63, 3.8) is 0 Å². The van der Waals surface area contributed by atoms with Crippen LogP contribution in [0.3, 0.4) is 0 Å². The van der Waals surface area contributed by atoms with Gasteiger partial charge in [0.05, 0.1) is 12.7 Å². The highest BCUT2D eigenvalue weighted by atomic mass is 35.5. The molecule has 2 aromatic rings. The van der Waals surface area contributed by atoms with Crippen molar-refractivity contribution in [3.05, 3.63) is 46.1 Å². The van der Waals surface area contributed by atoms with Crippen molar-refractivity contribution in [1.29, 1.82) is 5.26 Å². The van der Waals surface area contributed by atoms with E-state index >= 15 is 0 Å². The zero-order valence-electron chi connectivity index (χ0n) is 9.45. The zero-order chi connectivity index (χ0) is 13.1. The van der Waals surface area contributed by atoms with Crippen LogP contribution in [-0.4, -0.2) is 12.1 Å². The Balaban J connectivity index is 2.69. The summed E-state index contributed by atoms with van der Waals surface area (Å²) in [5, 5.41) is 9.98. The minimum Gasteiger partial charge on any atom is -0.481 e. The second kappa shape index (κ2) is 5.26. The molecule has 18 heavy (non-hydrogen) atoms. The van der Waals surface area contributed by atoms with Gasteiger partial charge in [-0.05, 0) is 24.3 Å². The fourth-order valence-corrected chi connectivity index (χ4v) is 1.96. The van der Waals surface area contributed by atoms with Crippen LogP contribution in [0.25, 0.3) is 11.1 Å². The van der Waals surface area contributed by atoms with Crippen molar-refractivity contribution in [3.8, 4) is 23.1 Å². The lowest BCUT2D eigenvalue weighted by molar-refractivity contribution is 0.399. The summed E-state index contributed by atoms with van der Waals surface area (Å²) in [6.07, 6.45) is 1.45. The average Bonchev–Trinajstić information content (AvgIpc) is 2.40. The van der Waals surface area contributed by atoms with E-state index in [2.05, 4.69) is 4.98 Å². The van der Waals surface area contributed by atoms with Crippen molar-refractivity contribution in [2.24, 2.45) is 0 Å². The van der Waals surface area contributed by atoms with Crippen LogP contribution >= 0.6 is 23.2 Å². The van der Waals surface area contributed by atoms with E-state index in [9.17, 15) is 0 Å². The second-order valence-electron chi connectivity index (χ2n) is 3.52. The summed E-state index contributed by atoms with van der Waals surface area (Å²) in [4.78, 5) is 4.07. The summed E-state index contributed by atoms with van der Waals surface area (Å²) in [7, 11) is 1.51. The van der Waals surface area contributed by atoms with E-state index in [0.717, 1.165) is 0 Å². The molecule has 0 saturated heterocycles. The van der Waals surface area contributed by atoms with Crippen molar-refractivity contribution < 1.29 is 4.74 Å². The molecule has 0 atom stereocenters. The molecule has 0 saturated carbocycles. The minimum absolute atomic E-state index is 0.401. The molecule has 1 aromatic heterocycles. The number of nitriles is 1. The van der Waals surface area contributed by atoms with E-state index < -0.39 is 0 Å². The molecular weight excluding hydrogens is 271 g/mol. The highest BCUT2D eigenvalue weighted by Crippen LogP contribution is 2.35. The van der Waals surface area contributed by atoms with Gasteiger partial charge in [0.25, 0.3) is 0 Å². The van der Waals surface area contributed by atoms with Crippen LogP contribution in [0.2, 0.25) is 10.0 Å². The highest BCUT2D eigenvalue weighted by Gasteiger charge is 2.12. The highest BCUT2D eigenvalue weighted by molar-refractivity contribution is 6.35. The molecule has 0 amide bonds. The quantitative estimate of drug-likeness (QED) is 0.836. The molecule has 0 fully saturated rings. The molecule has 0 aliphatic carbocycles. The number of rotatable bonds is 2. The fraction of sp³-hybridized carbons (Fsp3) is 0.0769. The topological polar surface area (TPSA) is 45.9 Å². The Morgan fingerprint density at radius 2 is 2.00 bits per heavy atom. The molecule has 0 radical (unpaired) electrons. The van der Waals surface area contributed by atoms with Crippen LogP contribution in [-0.2, 0) is 0 Å². The first kappa shape index (κ1) is 12.7. The first-order valence-corrected chi connectivity index (χ1v) is 5.81. The van der Waals surface area contributed by atoms with Gasteiger partial charge in [0.15, 0.2) is 0 Å². The number of benzene rings is 1. The molecule has 5 heteroatoms. The number of aromatic nitrogens is 1. The van der Waals surface area contributed by atoms with Gasteiger partial charge in [-0.15, -0.1) is 0 Å². The number of hydrogen-bond donors (Lipinski definition) is 0. The van der Waals surface area contributed by atoms with Gasteiger partial charge in [-0.3, -0.25) is 0 Å². The van der Waals surface area contributed by atoms with Gasteiger partial charge < -0.3 is 4.74 Å². The molecule has 2 rings (SSSR count). The Hall–Kier alpha value is -1.76. The van der Waals surface area contributed by atoms with Gasteiger partial charge in [-0.1, -0.05) is 23.2 Å². The lowest BCUT2D eigenvalue weighted by Gasteiger charge is -2.09. The first-order chi connectivity index (χ1) is 8.65. The number of pyridine rings is 1. The Labute approximate surface area is 115 Å². The molecule has 1 heterocycles. The second-order valence-corrected chi connectivity index (χ2v) is 4.36. The number of nitrogens with zero attached hydrogens (tertiary/aromatic N) is 2. The standard InChI is InChI=1S/C13H8Cl2N2O/c1-18-13-11(4-8(6-16)7-17-13)10-5-9(14)2-3-12(10)15/h2-5,7H,1H3. The van der Waals surface area contributed by atoms with Gasteiger partial charge in [-0.25, -0.2) is 4.98 Å². The van der Waals surface area contributed by atoms with Gasteiger partial charge in [-0.2, -0.15) is 5.26 Å². The molecule has 0 unspecified atom stereocenters. The summed E-state index contributed by atoms with van der Waals surface area (Å²) < 4.78 is 5.17. The van der Waals surface area contributed by atoms with E-state index in [1.807, 2.05) is 6.07 Å². The third-order valence-corrected chi connectivity index (χ3v) is 2.96. The molecule has 90 valence electrons. The van der Waals surface area contributed by atoms with Gasteiger partial charge in [0, 0.05) is 27.4 Å². The van der Waals surface area contributed by atoms with E-state index in [0.29, 0.717) is 32.6 Å². The van der Waals surface area contributed by atoms with E-state index in [-0.39, 0.29) is 0 Å².